The molecule has 0 N–H and O–H groups in total. The largest absolute Gasteiger partial charge is 0.468 e. The van der Waals surface area contributed by atoms with Gasteiger partial charge in [-0.15, -0.1) is 11.3 Å². The molecule has 3 aromatic heterocycles. The first kappa shape index (κ1) is 23.0. The van der Waals surface area contributed by atoms with Crippen molar-refractivity contribution in [3.63, 3.8) is 0 Å². The predicted octanol–water partition coefficient (Wildman–Crippen LogP) is 3.54. The molecule has 0 amide bonds. The van der Waals surface area contributed by atoms with E-state index < -0.39 is 22.0 Å². The molecule has 0 aliphatic carbocycles. The molecule has 0 spiro atoms. The van der Waals surface area contributed by atoms with E-state index >= 15 is 0 Å². The first-order valence-corrected chi connectivity index (χ1v) is 12.0. The van der Waals surface area contributed by atoms with Gasteiger partial charge in [0, 0.05) is 32.2 Å². The molecule has 1 saturated heterocycles. The third-order valence-corrected chi connectivity index (χ3v) is 8.32. The fraction of sp³-hybridized carbons (Fsp3) is 0.421. The number of sulfonamides is 1. The molecular weight excluding hydrogens is 471 g/mol. The Morgan fingerprint density at radius 2 is 1.97 bits per heavy atom. The van der Waals surface area contributed by atoms with Crippen LogP contribution in [0.3, 0.4) is 0 Å². The lowest BCUT2D eigenvalue weighted by Gasteiger charge is -2.29. The van der Waals surface area contributed by atoms with Crippen molar-refractivity contribution in [1.82, 2.24) is 14.4 Å². The number of hydrogen-bond donors (Lipinski definition) is 0. The molecule has 174 valence electrons. The summed E-state index contributed by atoms with van der Waals surface area (Å²) in [6.07, 6.45) is -3.20. The molecule has 0 bridgehead atoms. The van der Waals surface area contributed by atoms with Gasteiger partial charge in [-0.1, -0.05) is 5.16 Å². The molecule has 13 heteroatoms. The molecule has 32 heavy (non-hydrogen) atoms. The fourth-order valence-electron chi connectivity index (χ4n) is 3.19. The number of ether oxygens (including phenoxy) is 1. The van der Waals surface area contributed by atoms with E-state index in [0.29, 0.717) is 38.6 Å². The molecule has 1 aliphatic rings. The minimum Gasteiger partial charge on any atom is -0.468 e. The zero-order chi connectivity index (χ0) is 22.8. The molecule has 4 heterocycles. The number of alkyl halides is 3. The van der Waals surface area contributed by atoms with Crippen LogP contribution < -0.4 is 0 Å². The summed E-state index contributed by atoms with van der Waals surface area (Å²) in [5.74, 6) is -0.756. The van der Waals surface area contributed by atoms with Gasteiger partial charge in [-0.05, 0) is 24.3 Å². The number of aromatic nitrogens is 1. The topological polar surface area (TPSA) is 89.0 Å². The third-order valence-electron chi connectivity index (χ3n) is 4.90. The number of thiophene rings is 1. The second-order valence-electron chi connectivity index (χ2n) is 7.06. The van der Waals surface area contributed by atoms with Gasteiger partial charge in [0.2, 0.25) is 5.76 Å². The normalized spacial score (nSPS) is 16.1. The van der Waals surface area contributed by atoms with Crippen molar-refractivity contribution < 1.29 is 35.3 Å². The summed E-state index contributed by atoms with van der Waals surface area (Å²) in [6.45, 7) is 3.39. The highest BCUT2D eigenvalue weighted by Gasteiger charge is 2.36. The molecule has 3 aromatic rings. The van der Waals surface area contributed by atoms with E-state index in [-0.39, 0.29) is 27.9 Å². The summed E-state index contributed by atoms with van der Waals surface area (Å²) in [7, 11) is -3.93. The fourth-order valence-corrected chi connectivity index (χ4v) is 6.00. The standard InChI is InChI=1S/C19H20F3N3O5S2/c20-19(21,22)17-12-15(23-30-17)16-3-4-18(31-16)32(26,27)25(13-14-2-1-9-29-14)6-5-24-7-10-28-11-8-24/h1-4,9,12H,5-8,10-11,13H2. The van der Waals surface area contributed by atoms with Crippen LogP contribution in [0.1, 0.15) is 11.5 Å². The van der Waals surface area contributed by atoms with E-state index in [9.17, 15) is 21.6 Å². The Morgan fingerprint density at radius 3 is 2.62 bits per heavy atom. The summed E-state index contributed by atoms with van der Waals surface area (Å²) < 4.78 is 81.4. The van der Waals surface area contributed by atoms with Gasteiger partial charge in [0.15, 0.2) is 0 Å². The predicted molar refractivity (Wildman–Crippen MR) is 108 cm³/mol. The Hall–Kier alpha value is -2.19. The number of nitrogens with zero attached hydrogens (tertiary/aromatic N) is 3. The molecule has 1 fully saturated rings. The van der Waals surface area contributed by atoms with Gasteiger partial charge in [-0.2, -0.15) is 17.5 Å². The highest BCUT2D eigenvalue weighted by molar-refractivity contribution is 7.91. The number of hydrogen-bond acceptors (Lipinski definition) is 8. The van der Waals surface area contributed by atoms with Crippen molar-refractivity contribution in [2.45, 2.75) is 16.9 Å². The first-order chi connectivity index (χ1) is 15.2. The van der Waals surface area contributed by atoms with Crippen LogP contribution in [0.4, 0.5) is 13.2 Å². The summed E-state index contributed by atoms with van der Waals surface area (Å²) in [5.41, 5.74) is -0.0744. The third kappa shape index (κ3) is 5.23. The zero-order valence-electron chi connectivity index (χ0n) is 16.7. The van der Waals surface area contributed by atoms with Crippen LogP contribution in [-0.4, -0.2) is 62.2 Å². The average Bonchev–Trinajstić information content (AvgIpc) is 3.52. The summed E-state index contributed by atoms with van der Waals surface area (Å²) >= 11 is 0.836. The minimum absolute atomic E-state index is 0.00223. The van der Waals surface area contributed by atoms with Crippen LogP contribution >= 0.6 is 11.3 Å². The van der Waals surface area contributed by atoms with E-state index in [2.05, 4.69) is 14.6 Å². The van der Waals surface area contributed by atoms with Gasteiger partial charge < -0.3 is 13.7 Å². The lowest BCUT2D eigenvalue weighted by atomic mass is 10.3. The second-order valence-corrected chi connectivity index (χ2v) is 10.3. The van der Waals surface area contributed by atoms with Crippen molar-refractivity contribution in [1.29, 1.82) is 0 Å². The van der Waals surface area contributed by atoms with Gasteiger partial charge >= 0.3 is 6.18 Å². The summed E-state index contributed by atoms with van der Waals surface area (Å²) in [5, 5.41) is 3.42. The van der Waals surface area contributed by atoms with Crippen molar-refractivity contribution in [2.75, 3.05) is 39.4 Å². The van der Waals surface area contributed by atoms with Gasteiger partial charge in [0.1, 0.15) is 15.7 Å². The summed E-state index contributed by atoms with van der Waals surface area (Å²) in [6, 6.07) is 6.89. The average molecular weight is 492 g/mol. The Balaban J connectivity index is 1.55. The van der Waals surface area contributed by atoms with Crippen molar-refractivity contribution in [2.24, 2.45) is 0 Å². The van der Waals surface area contributed by atoms with E-state index in [1.54, 1.807) is 12.1 Å². The smallest absolute Gasteiger partial charge is 0.452 e. The lowest BCUT2D eigenvalue weighted by molar-refractivity contribution is -0.155. The molecule has 1 aliphatic heterocycles. The number of morpholine rings is 1. The summed E-state index contributed by atoms with van der Waals surface area (Å²) in [4.78, 5) is 2.37. The van der Waals surface area contributed by atoms with Crippen molar-refractivity contribution in [3.05, 3.63) is 48.1 Å². The molecule has 4 rings (SSSR count). The van der Waals surface area contributed by atoms with Crippen LogP contribution in [0.2, 0.25) is 0 Å². The molecule has 0 radical (unpaired) electrons. The van der Waals surface area contributed by atoms with Crippen molar-refractivity contribution in [3.8, 4) is 10.6 Å². The van der Waals surface area contributed by atoms with Crippen LogP contribution in [0.25, 0.3) is 10.6 Å². The SMILES string of the molecule is O=S(=O)(c1ccc(-c2cc(C(F)(F)F)on2)s1)N(CCN1CCOCC1)Cc1ccco1. The number of halogens is 3. The van der Waals surface area contributed by atoms with Crippen LogP contribution in [0, 0.1) is 0 Å². The van der Waals surface area contributed by atoms with Crippen LogP contribution in [-0.2, 0) is 27.5 Å². The maximum Gasteiger partial charge on any atom is 0.452 e. The Bertz CT molecular complexity index is 1120. The van der Waals surface area contributed by atoms with E-state index in [4.69, 9.17) is 9.15 Å². The lowest BCUT2D eigenvalue weighted by Crippen LogP contribution is -2.42. The van der Waals surface area contributed by atoms with Crippen LogP contribution in [0.15, 0.2) is 49.7 Å². The molecule has 0 atom stereocenters. The van der Waals surface area contributed by atoms with E-state index in [0.717, 1.165) is 17.4 Å². The minimum atomic E-state index is -4.67. The van der Waals surface area contributed by atoms with Crippen LogP contribution in [0.5, 0.6) is 0 Å². The van der Waals surface area contributed by atoms with Gasteiger partial charge in [0.05, 0.1) is 30.9 Å². The van der Waals surface area contributed by atoms with Crippen molar-refractivity contribution >= 4 is 21.4 Å². The quantitative estimate of drug-likeness (QED) is 0.476. The monoisotopic (exact) mass is 491 g/mol. The highest BCUT2D eigenvalue weighted by atomic mass is 32.2. The van der Waals surface area contributed by atoms with Gasteiger partial charge in [0.25, 0.3) is 10.0 Å². The first-order valence-electron chi connectivity index (χ1n) is 9.70. The Morgan fingerprint density at radius 1 is 1.19 bits per heavy atom. The van der Waals surface area contributed by atoms with E-state index in [1.807, 2.05) is 0 Å². The van der Waals surface area contributed by atoms with Gasteiger partial charge in [-0.25, -0.2) is 8.42 Å². The highest BCUT2D eigenvalue weighted by Crippen LogP contribution is 2.36. The molecule has 0 aromatic carbocycles. The van der Waals surface area contributed by atoms with E-state index in [1.165, 1.54) is 22.7 Å². The Kier molecular flexibility index (Phi) is 6.72. The maximum atomic E-state index is 13.4. The molecule has 0 saturated carbocycles. The maximum absolute atomic E-state index is 13.4. The van der Waals surface area contributed by atoms with Gasteiger partial charge in [-0.3, -0.25) is 4.90 Å². The Labute approximate surface area is 186 Å². The number of furan rings is 1. The molecular formula is C19H20F3N3O5S2. The number of rotatable bonds is 8. The zero-order valence-corrected chi connectivity index (χ0v) is 18.4. The second kappa shape index (κ2) is 9.35. The molecule has 8 nitrogen and oxygen atoms in total. The molecule has 0 unspecified atom stereocenters.